The van der Waals surface area contributed by atoms with Gasteiger partial charge in [-0.1, -0.05) is 18.2 Å². The van der Waals surface area contributed by atoms with Crippen molar-refractivity contribution in [3.05, 3.63) is 35.6 Å². The number of carboxylic acid groups (broad SMARTS) is 1. The Morgan fingerprint density at radius 3 is 2.67 bits per heavy atom. The van der Waals surface area contributed by atoms with Crippen LogP contribution in [-0.4, -0.2) is 46.5 Å². The fraction of sp³-hybridized carbons (Fsp3) is 0.467. The van der Waals surface area contributed by atoms with Gasteiger partial charge in [-0.15, -0.1) is 0 Å². The van der Waals surface area contributed by atoms with E-state index in [1.165, 1.54) is 11.0 Å². The van der Waals surface area contributed by atoms with Crippen molar-refractivity contribution in [3.8, 4) is 0 Å². The minimum absolute atomic E-state index is 0.159. The van der Waals surface area contributed by atoms with Gasteiger partial charge >= 0.3 is 12.0 Å². The van der Waals surface area contributed by atoms with Gasteiger partial charge in [-0.2, -0.15) is 0 Å². The minimum atomic E-state index is -0.880. The molecular formula is C15H19FN2O3. The molecule has 0 aliphatic carbocycles. The van der Waals surface area contributed by atoms with Crippen molar-refractivity contribution in [1.29, 1.82) is 0 Å². The zero-order valence-corrected chi connectivity index (χ0v) is 12.1. The van der Waals surface area contributed by atoms with E-state index in [2.05, 4.69) is 0 Å². The lowest BCUT2D eigenvalue weighted by molar-refractivity contribution is -0.142. The van der Waals surface area contributed by atoms with Crippen LogP contribution < -0.4 is 0 Å². The predicted octanol–water partition coefficient (Wildman–Crippen LogP) is 2.17. The van der Waals surface area contributed by atoms with Crippen LogP contribution in [0.5, 0.6) is 0 Å². The van der Waals surface area contributed by atoms with Crippen molar-refractivity contribution in [2.75, 3.05) is 13.6 Å². The second-order valence-corrected chi connectivity index (χ2v) is 5.40. The van der Waals surface area contributed by atoms with E-state index < -0.39 is 11.9 Å². The summed E-state index contributed by atoms with van der Waals surface area (Å²) in [7, 11) is 1.59. The zero-order valence-electron chi connectivity index (χ0n) is 12.1. The first-order valence-corrected chi connectivity index (χ1v) is 6.89. The maximum Gasteiger partial charge on any atom is 0.320 e. The molecule has 1 aromatic rings. The third kappa shape index (κ3) is 3.15. The third-order valence-corrected chi connectivity index (χ3v) is 4.01. The summed E-state index contributed by atoms with van der Waals surface area (Å²) in [6.07, 6.45) is 0.454. The van der Waals surface area contributed by atoms with Crippen LogP contribution in [0.15, 0.2) is 24.3 Å². The molecule has 5 nitrogen and oxygen atoms in total. The maximum atomic E-state index is 13.6. The Balaban J connectivity index is 2.03. The van der Waals surface area contributed by atoms with Crippen molar-refractivity contribution >= 4 is 12.0 Å². The van der Waals surface area contributed by atoms with Gasteiger partial charge in [0.25, 0.3) is 0 Å². The fourth-order valence-corrected chi connectivity index (χ4v) is 2.71. The largest absolute Gasteiger partial charge is 0.481 e. The van der Waals surface area contributed by atoms with Crippen molar-refractivity contribution in [2.24, 2.45) is 5.92 Å². The lowest BCUT2D eigenvalue weighted by atomic mass is 10.0. The van der Waals surface area contributed by atoms with E-state index in [1.807, 2.05) is 0 Å². The van der Waals surface area contributed by atoms with Gasteiger partial charge < -0.3 is 14.9 Å². The maximum absolute atomic E-state index is 13.6. The summed E-state index contributed by atoms with van der Waals surface area (Å²) in [4.78, 5) is 26.4. The summed E-state index contributed by atoms with van der Waals surface area (Å²) in [5.74, 6) is -1.76. The Morgan fingerprint density at radius 2 is 2.10 bits per heavy atom. The lowest BCUT2D eigenvalue weighted by Gasteiger charge is -2.28. The summed E-state index contributed by atoms with van der Waals surface area (Å²) in [6.45, 7) is 2.31. The number of amides is 2. The SMILES string of the molecule is CC1C(C(=O)O)CCN1C(=O)N(C)Cc1ccccc1F. The average molecular weight is 294 g/mol. The van der Waals surface area contributed by atoms with Gasteiger partial charge in [-0.3, -0.25) is 4.79 Å². The summed E-state index contributed by atoms with van der Waals surface area (Å²) >= 11 is 0. The van der Waals surface area contributed by atoms with Gasteiger partial charge in [0.15, 0.2) is 0 Å². The number of carbonyl (C=O) groups is 2. The van der Waals surface area contributed by atoms with Crippen LogP contribution in [-0.2, 0) is 11.3 Å². The summed E-state index contributed by atoms with van der Waals surface area (Å²) in [5, 5.41) is 9.09. The number of nitrogens with zero attached hydrogens (tertiary/aromatic N) is 2. The van der Waals surface area contributed by atoms with E-state index in [0.29, 0.717) is 18.5 Å². The first-order valence-electron chi connectivity index (χ1n) is 6.89. The van der Waals surface area contributed by atoms with Crippen LogP contribution in [0.2, 0.25) is 0 Å². The average Bonchev–Trinajstić information content (AvgIpc) is 2.82. The van der Waals surface area contributed by atoms with E-state index in [1.54, 1.807) is 37.1 Å². The molecule has 2 atom stereocenters. The first-order chi connectivity index (χ1) is 9.91. The number of carboxylic acids is 1. The summed E-state index contributed by atoms with van der Waals surface area (Å²) in [6, 6.07) is 5.68. The van der Waals surface area contributed by atoms with Gasteiger partial charge in [0.1, 0.15) is 5.82 Å². The number of aliphatic carboxylic acids is 1. The van der Waals surface area contributed by atoms with Gasteiger partial charge in [0, 0.05) is 31.7 Å². The molecule has 1 saturated heterocycles. The monoisotopic (exact) mass is 294 g/mol. The van der Waals surface area contributed by atoms with Crippen molar-refractivity contribution in [3.63, 3.8) is 0 Å². The summed E-state index contributed by atoms with van der Waals surface area (Å²) in [5.41, 5.74) is 0.440. The van der Waals surface area contributed by atoms with Gasteiger partial charge in [0.2, 0.25) is 0 Å². The van der Waals surface area contributed by atoms with Gasteiger partial charge in [-0.05, 0) is 19.4 Å². The Labute approximate surface area is 123 Å². The van der Waals surface area contributed by atoms with E-state index >= 15 is 0 Å². The molecule has 0 radical (unpaired) electrons. The molecule has 1 aromatic carbocycles. The molecule has 1 fully saturated rings. The highest BCUT2D eigenvalue weighted by atomic mass is 19.1. The van der Waals surface area contributed by atoms with Gasteiger partial charge in [0.05, 0.1) is 5.92 Å². The second-order valence-electron chi connectivity index (χ2n) is 5.40. The third-order valence-electron chi connectivity index (χ3n) is 4.01. The van der Waals surface area contributed by atoms with Crippen molar-refractivity contribution < 1.29 is 19.1 Å². The number of benzene rings is 1. The van der Waals surface area contributed by atoms with E-state index in [9.17, 15) is 14.0 Å². The number of carbonyl (C=O) groups excluding carboxylic acids is 1. The first kappa shape index (κ1) is 15.3. The highest BCUT2D eigenvalue weighted by Gasteiger charge is 2.39. The molecule has 1 heterocycles. The molecule has 0 aromatic heterocycles. The zero-order chi connectivity index (χ0) is 15.6. The molecule has 0 saturated carbocycles. The number of hydrogen-bond acceptors (Lipinski definition) is 2. The molecule has 1 aliphatic rings. The minimum Gasteiger partial charge on any atom is -0.481 e. The van der Waals surface area contributed by atoms with Crippen LogP contribution in [0.1, 0.15) is 18.9 Å². The van der Waals surface area contributed by atoms with Crippen LogP contribution >= 0.6 is 0 Å². The Bertz CT molecular complexity index is 549. The molecular weight excluding hydrogens is 275 g/mol. The van der Waals surface area contributed by atoms with E-state index in [4.69, 9.17) is 5.11 Å². The highest BCUT2D eigenvalue weighted by molar-refractivity contribution is 5.78. The van der Waals surface area contributed by atoms with E-state index in [0.717, 1.165) is 0 Å². The van der Waals surface area contributed by atoms with Crippen molar-refractivity contribution in [2.45, 2.75) is 25.9 Å². The number of hydrogen-bond donors (Lipinski definition) is 1. The topological polar surface area (TPSA) is 60.9 Å². The number of urea groups is 1. The number of likely N-dealkylation sites (tertiary alicyclic amines) is 1. The smallest absolute Gasteiger partial charge is 0.320 e. The Morgan fingerprint density at radius 1 is 1.43 bits per heavy atom. The molecule has 0 spiro atoms. The van der Waals surface area contributed by atoms with Gasteiger partial charge in [-0.25, -0.2) is 9.18 Å². The van der Waals surface area contributed by atoms with Crippen LogP contribution in [0.25, 0.3) is 0 Å². The number of halogens is 1. The highest BCUT2D eigenvalue weighted by Crippen LogP contribution is 2.25. The van der Waals surface area contributed by atoms with Crippen molar-refractivity contribution in [1.82, 2.24) is 9.80 Å². The van der Waals surface area contributed by atoms with Crippen LogP contribution in [0.3, 0.4) is 0 Å². The standard InChI is InChI=1S/C15H19FN2O3/c1-10-12(14(19)20)7-8-18(10)15(21)17(2)9-11-5-3-4-6-13(11)16/h3-6,10,12H,7-9H2,1-2H3,(H,19,20). The molecule has 6 heteroatoms. The Hall–Kier alpha value is -2.11. The van der Waals surface area contributed by atoms with Crippen LogP contribution in [0, 0.1) is 11.7 Å². The quantitative estimate of drug-likeness (QED) is 0.929. The predicted molar refractivity (Wildman–Crippen MR) is 75.2 cm³/mol. The molecule has 21 heavy (non-hydrogen) atoms. The number of rotatable bonds is 3. The summed E-state index contributed by atoms with van der Waals surface area (Å²) < 4.78 is 13.6. The second kappa shape index (κ2) is 6.11. The molecule has 0 bridgehead atoms. The Kier molecular flexibility index (Phi) is 4.45. The molecule has 2 unspecified atom stereocenters. The molecule has 1 aliphatic heterocycles. The van der Waals surface area contributed by atoms with Crippen LogP contribution in [0.4, 0.5) is 9.18 Å². The lowest BCUT2D eigenvalue weighted by Crippen LogP contribution is -2.44. The fourth-order valence-electron chi connectivity index (χ4n) is 2.71. The van der Waals surface area contributed by atoms with E-state index in [-0.39, 0.29) is 24.4 Å². The molecule has 2 amide bonds. The molecule has 2 rings (SSSR count). The normalized spacial score (nSPS) is 21.4. The molecule has 1 N–H and O–H groups in total. The molecule has 114 valence electrons.